The molecule has 2 N–H and O–H groups in total. The van der Waals surface area contributed by atoms with Crippen molar-refractivity contribution >= 4 is 82.7 Å². The maximum Gasteiger partial charge on any atom is 0.410 e. The van der Waals surface area contributed by atoms with Crippen LogP contribution in [0.5, 0.6) is 0 Å². The minimum Gasteiger partial charge on any atom is -0.448 e. The molecule has 1 spiro atoms. The van der Waals surface area contributed by atoms with Gasteiger partial charge in [-0.05, 0) is 54.0 Å². The molecule has 190 valence electrons. The molecule has 3 aliphatic heterocycles. The Bertz CT molecular complexity index is 959. The monoisotopic (exact) mass is 496 g/mol. The number of rotatable bonds is 6. The molecule has 16 heteroatoms. The highest BCUT2D eigenvalue weighted by atomic mass is 16.6. The Kier molecular flexibility index (Phi) is 7.33. The van der Waals surface area contributed by atoms with E-state index in [2.05, 4.69) is 87.3 Å². The highest BCUT2D eigenvalue weighted by molar-refractivity contribution is 6.70. The molecule has 37 heavy (non-hydrogen) atoms. The van der Waals surface area contributed by atoms with E-state index < -0.39 is 5.60 Å². The lowest BCUT2D eigenvalue weighted by molar-refractivity contribution is -0.0149. The molecule has 0 radical (unpaired) electrons. The first-order valence-electron chi connectivity index (χ1n) is 14.1. The summed E-state index contributed by atoms with van der Waals surface area (Å²) in [5.74, 6) is 0.499. The molecule has 4 aliphatic rings. The van der Waals surface area contributed by atoms with E-state index in [0.29, 0.717) is 19.0 Å². The topological polar surface area (TPSA) is 73.9 Å². The Balaban J connectivity index is 1.29. The van der Waals surface area contributed by atoms with E-state index in [9.17, 15) is 9.59 Å². The number of urea groups is 1. The van der Waals surface area contributed by atoms with Crippen LogP contribution < -0.4 is 10.6 Å². The summed E-state index contributed by atoms with van der Waals surface area (Å²) in [6, 6.07) is 0.0359. The lowest BCUT2D eigenvalue weighted by Gasteiger charge is -2.61. The second kappa shape index (κ2) is 9.55. The number of piperidine rings is 1. The van der Waals surface area contributed by atoms with Crippen LogP contribution in [0.25, 0.3) is 0 Å². The highest BCUT2D eigenvalue weighted by Gasteiger charge is 2.60. The zero-order valence-electron chi connectivity index (χ0n) is 24.7. The molecule has 4 rings (SSSR count). The molecule has 0 aromatic heterocycles. The fourth-order valence-corrected chi connectivity index (χ4v) is 8.35. The molecule has 3 heterocycles. The van der Waals surface area contributed by atoms with Crippen LogP contribution in [-0.2, 0) is 4.74 Å². The number of ether oxygens (including phenoxy) is 1. The predicted molar refractivity (Wildman–Crippen MR) is 175 cm³/mol. The van der Waals surface area contributed by atoms with Crippen molar-refractivity contribution in [3.8, 4) is 0 Å². The third kappa shape index (κ3) is 5.19. The van der Waals surface area contributed by atoms with Gasteiger partial charge in [0.05, 0.1) is 76.2 Å². The fraction of sp³-hybridized carbons (Fsp3) is 0.714. The minimum atomic E-state index is -0.638. The molecule has 7 nitrogen and oxygen atoms in total. The van der Waals surface area contributed by atoms with Crippen LogP contribution in [0.1, 0.15) is 19.3 Å². The largest absolute Gasteiger partial charge is 0.448 e. The van der Waals surface area contributed by atoms with Crippen molar-refractivity contribution < 1.29 is 14.3 Å². The second-order valence-corrected chi connectivity index (χ2v) is 14.9. The molecule has 3 amide bonds. The van der Waals surface area contributed by atoms with E-state index in [4.69, 9.17) is 4.74 Å². The summed E-state index contributed by atoms with van der Waals surface area (Å²) < 4.78 is 6.57. The van der Waals surface area contributed by atoms with E-state index in [-0.39, 0.29) is 32.9 Å². The first-order chi connectivity index (χ1) is 17.0. The SMILES string of the molecule is BC(B)(B)C(OC(=O)N1CCC2(CC1)CC2CNC(=O)N1CC2=C(CNC=C2)C1)(C(B)(B)B)C(B)(B)B. The van der Waals surface area contributed by atoms with Crippen LogP contribution in [0.3, 0.4) is 0 Å². The number of nitrogens with one attached hydrogen (secondary N) is 2. The van der Waals surface area contributed by atoms with E-state index in [1.807, 2.05) is 16.0 Å². The number of dihydropyridines is 1. The molecule has 1 aliphatic carbocycles. The third-order valence-electron chi connectivity index (χ3n) is 9.49. The lowest BCUT2D eigenvalue weighted by Crippen LogP contribution is -2.66. The van der Waals surface area contributed by atoms with Crippen molar-refractivity contribution in [2.45, 2.75) is 40.2 Å². The van der Waals surface area contributed by atoms with Gasteiger partial charge in [-0.1, -0.05) is 15.3 Å². The normalized spacial score (nSPS) is 23.4. The minimum absolute atomic E-state index is 0.0359. The van der Waals surface area contributed by atoms with Gasteiger partial charge in [0.15, 0.2) is 0 Å². The average molecular weight is 495 g/mol. The van der Waals surface area contributed by atoms with E-state index >= 15 is 0 Å². The second-order valence-electron chi connectivity index (χ2n) is 14.9. The summed E-state index contributed by atoms with van der Waals surface area (Å²) in [4.78, 5) is 30.2. The molecule has 0 aromatic rings. The molecule has 0 aromatic carbocycles. The maximum absolute atomic E-state index is 13.6. The van der Waals surface area contributed by atoms with Crippen LogP contribution in [0.2, 0.25) is 15.3 Å². The van der Waals surface area contributed by atoms with Gasteiger partial charge in [-0.25, -0.2) is 9.59 Å². The van der Waals surface area contributed by atoms with Crippen LogP contribution in [0.4, 0.5) is 9.59 Å². The number of nitrogens with zero attached hydrogens (tertiary/aromatic N) is 2. The van der Waals surface area contributed by atoms with Crippen LogP contribution in [0, 0.1) is 11.3 Å². The Hall–Kier alpha value is -1.60. The smallest absolute Gasteiger partial charge is 0.410 e. The highest BCUT2D eigenvalue weighted by Crippen LogP contribution is 2.60. The van der Waals surface area contributed by atoms with Gasteiger partial charge in [0, 0.05) is 39.3 Å². The summed E-state index contributed by atoms with van der Waals surface area (Å²) in [5, 5.41) is 5.73. The average Bonchev–Trinajstić information content (AvgIpc) is 3.24. The number of likely N-dealkylation sites (tertiary alicyclic amines) is 1. The van der Waals surface area contributed by atoms with Crippen molar-refractivity contribution in [2.24, 2.45) is 11.3 Å². The predicted octanol–water partition coefficient (Wildman–Crippen LogP) is -6.68. The van der Waals surface area contributed by atoms with Gasteiger partial charge in [0.2, 0.25) is 0 Å². The van der Waals surface area contributed by atoms with Gasteiger partial charge >= 0.3 is 12.1 Å². The van der Waals surface area contributed by atoms with Crippen LogP contribution >= 0.6 is 0 Å². The van der Waals surface area contributed by atoms with E-state index in [0.717, 1.165) is 45.4 Å². The van der Waals surface area contributed by atoms with Gasteiger partial charge in [0.1, 0.15) is 0 Å². The summed E-state index contributed by atoms with van der Waals surface area (Å²) >= 11 is 0. The van der Waals surface area contributed by atoms with Gasteiger partial charge < -0.3 is 25.2 Å². The van der Waals surface area contributed by atoms with Crippen molar-refractivity contribution in [1.82, 2.24) is 20.4 Å². The van der Waals surface area contributed by atoms with Gasteiger partial charge in [-0.15, -0.1) is 0 Å². The van der Waals surface area contributed by atoms with Gasteiger partial charge in [0.25, 0.3) is 0 Å². The quantitative estimate of drug-likeness (QED) is 0.360. The van der Waals surface area contributed by atoms with Crippen molar-refractivity contribution in [1.29, 1.82) is 0 Å². The summed E-state index contributed by atoms with van der Waals surface area (Å²) in [5.41, 5.74) is 2.20. The van der Waals surface area contributed by atoms with Crippen molar-refractivity contribution in [3.63, 3.8) is 0 Å². The first kappa shape index (κ1) is 28.4. The van der Waals surface area contributed by atoms with Crippen LogP contribution in [0.15, 0.2) is 23.4 Å². The fourth-order valence-electron chi connectivity index (χ4n) is 8.35. The molecular formula is C21H41B9N4O3. The molecule has 1 saturated carbocycles. The van der Waals surface area contributed by atoms with Gasteiger partial charge in [-0.3, -0.25) is 0 Å². The number of hydrogen-bond donors (Lipinski definition) is 2. The van der Waals surface area contributed by atoms with Crippen molar-refractivity contribution in [2.75, 3.05) is 39.3 Å². The Morgan fingerprint density at radius 2 is 1.57 bits per heavy atom. The Morgan fingerprint density at radius 1 is 0.973 bits per heavy atom. The van der Waals surface area contributed by atoms with E-state index in [1.54, 1.807) is 0 Å². The number of amides is 3. The zero-order valence-corrected chi connectivity index (χ0v) is 24.7. The molecule has 1 unspecified atom stereocenters. The third-order valence-corrected chi connectivity index (χ3v) is 9.49. The lowest BCUT2D eigenvalue weighted by atomic mass is 9.13. The Morgan fingerprint density at radius 3 is 2.11 bits per heavy atom. The zero-order chi connectivity index (χ0) is 27.4. The number of hydrogen-bond acceptors (Lipinski definition) is 4. The van der Waals surface area contributed by atoms with Crippen molar-refractivity contribution in [3.05, 3.63) is 23.4 Å². The molecular weight excluding hydrogens is 454 g/mol. The molecule has 0 bridgehead atoms. The molecule has 1 atom stereocenters. The standard InChI is InChI=1S/C21H41B9N4O3/c22-19(23,24)18(20(25,26)27,21(28,29)30)37-16(36)33-5-2-17(3-6-33)7-14(17)9-32-15(35)34-10-12-1-4-31-8-13(12)11-34/h1,4,14,31H,2-3,5-11,22-30H2,(H,32,35). The summed E-state index contributed by atoms with van der Waals surface area (Å²) in [7, 11) is 19.7. The summed E-state index contributed by atoms with van der Waals surface area (Å²) in [6.45, 7) is 4.41. The summed E-state index contributed by atoms with van der Waals surface area (Å²) in [6.07, 6.45) is 6.95. The van der Waals surface area contributed by atoms with E-state index in [1.165, 1.54) is 11.1 Å². The first-order valence-corrected chi connectivity index (χ1v) is 14.1. The molecule has 1 saturated heterocycles. The number of carbonyl (C=O) groups is 2. The number of carbonyl (C=O) groups excluding carboxylic acids is 2. The van der Waals surface area contributed by atoms with Crippen LogP contribution in [-0.4, -0.2) is 137 Å². The molecule has 2 fully saturated rings. The van der Waals surface area contributed by atoms with Gasteiger partial charge in [-0.2, -0.15) is 0 Å². The maximum atomic E-state index is 13.6. The Labute approximate surface area is 231 Å².